The third-order valence-electron chi connectivity index (χ3n) is 2.41. The van der Waals surface area contributed by atoms with E-state index in [9.17, 15) is 0 Å². The summed E-state index contributed by atoms with van der Waals surface area (Å²) in [5.41, 5.74) is 0. The number of aliphatic hydroxyl groups is 1. The van der Waals surface area contributed by atoms with E-state index in [1.54, 1.807) is 0 Å². The minimum atomic E-state index is -2.58. The summed E-state index contributed by atoms with van der Waals surface area (Å²) >= 11 is -2.58. The Labute approximate surface area is 81.0 Å². The third kappa shape index (κ3) is 4.26. The van der Waals surface area contributed by atoms with E-state index in [4.69, 9.17) is 5.11 Å². The van der Waals surface area contributed by atoms with E-state index in [0.717, 1.165) is 11.3 Å². The van der Waals surface area contributed by atoms with Crippen molar-refractivity contribution in [1.82, 2.24) is 0 Å². The number of rotatable bonds is 1. The van der Waals surface area contributed by atoms with E-state index < -0.39 is 14.0 Å². The summed E-state index contributed by atoms with van der Waals surface area (Å²) in [6.07, 6.45) is 9.06. The quantitative estimate of drug-likeness (QED) is 0.663. The van der Waals surface area contributed by atoms with Gasteiger partial charge in [0.05, 0.1) is 0 Å². The zero-order chi connectivity index (χ0) is 10.8. The van der Waals surface area contributed by atoms with Gasteiger partial charge in [0.25, 0.3) is 0 Å². The monoisotopic (exact) mass is 220 g/mol. The van der Waals surface area contributed by atoms with Gasteiger partial charge in [-0.05, 0) is 0 Å². The molecule has 0 bridgehead atoms. The molecule has 1 rings (SSSR count). The van der Waals surface area contributed by atoms with Gasteiger partial charge in [-0.15, -0.1) is 0 Å². The molecule has 0 saturated carbocycles. The predicted octanol–water partition coefficient (Wildman–Crippen LogP) is 3.98. The summed E-state index contributed by atoms with van der Waals surface area (Å²) in [4.78, 5) is 0. The number of aliphatic hydroxyl groups excluding tert-OH is 1. The Kier molecular flexibility index (Phi) is 3.12. The maximum atomic E-state index is 7.00. The van der Waals surface area contributed by atoms with Crippen molar-refractivity contribution in [1.29, 1.82) is 0 Å². The van der Waals surface area contributed by atoms with Crippen molar-refractivity contribution in [3.63, 3.8) is 0 Å². The molecular weight excluding hydrogens is 196 g/mol. The fraction of sp³-hybridized carbons (Fsp3) is 0.636. The molecule has 0 aromatic heterocycles. The van der Waals surface area contributed by atoms with Gasteiger partial charge in [-0.3, -0.25) is 0 Å². The van der Waals surface area contributed by atoms with Crippen molar-refractivity contribution in [2.24, 2.45) is 0 Å². The van der Waals surface area contributed by atoms with Gasteiger partial charge in [-0.25, -0.2) is 0 Å². The summed E-state index contributed by atoms with van der Waals surface area (Å²) in [6, 6.07) is 0. The van der Waals surface area contributed by atoms with Crippen molar-refractivity contribution in [2.45, 2.75) is 30.4 Å². The molecule has 0 heterocycles. The normalized spacial score (nSPS) is 21.8. The van der Waals surface area contributed by atoms with Crippen molar-refractivity contribution in [2.75, 3.05) is 7.11 Å². The van der Waals surface area contributed by atoms with Crippen LogP contribution < -0.4 is 0 Å². The van der Waals surface area contributed by atoms with Crippen molar-refractivity contribution >= 4 is 0 Å². The summed E-state index contributed by atoms with van der Waals surface area (Å²) in [7, 11) is 1.00. The van der Waals surface area contributed by atoms with Gasteiger partial charge >= 0.3 is 68.7 Å². The van der Waals surface area contributed by atoms with Crippen molar-refractivity contribution < 1.29 is 19.1 Å². The molecule has 13 heavy (non-hydrogen) atoms. The second-order valence-electron chi connectivity index (χ2n) is 7.74. The number of hydrogen-bond acceptors (Lipinski definition) is 1. The Bertz CT molecular complexity index is 214. The average Bonchev–Trinajstić information content (AvgIpc) is 2.37. The van der Waals surface area contributed by atoms with Crippen LogP contribution in [0, 0.1) is 0 Å². The summed E-state index contributed by atoms with van der Waals surface area (Å²) in [5.74, 6) is 0. The van der Waals surface area contributed by atoms with Crippen LogP contribution in [0.15, 0.2) is 24.3 Å². The van der Waals surface area contributed by atoms with Gasteiger partial charge in [0, 0.05) is 7.11 Å². The fourth-order valence-electron chi connectivity index (χ4n) is 1.39. The molecule has 0 atom stereocenters. The van der Waals surface area contributed by atoms with Crippen LogP contribution in [0.5, 0.6) is 0 Å². The van der Waals surface area contributed by atoms with Crippen LogP contribution in [0.1, 0.15) is 0 Å². The first-order valence-electron chi connectivity index (χ1n) is 4.90. The second-order valence-corrected chi connectivity index (χ2v) is 28.9. The summed E-state index contributed by atoms with van der Waals surface area (Å²) < 4.78 is 0.731. The maximum absolute atomic E-state index is 7.00. The number of allylic oxidation sites excluding steroid dienone is 4. The molecule has 0 aromatic carbocycles. The molecule has 1 nitrogen and oxygen atoms in total. The average molecular weight is 220 g/mol. The van der Waals surface area contributed by atoms with Gasteiger partial charge in [0.15, 0.2) is 0 Å². The van der Waals surface area contributed by atoms with Crippen molar-refractivity contribution in [3.05, 3.63) is 24.3 Å². The van der Waals surface area contributed by atoms with E-state index in [1.165, 1.54) is 0 Å². The molecule has 1 aliphatic carbocycles. The van der Waals surface area contributed by atoms with Crippen LogP contribution in [0.2, 0.25) is 30.4 Å². The van der Waals surface area contributed by atoms with Gasteiger partial charge in [-0.2, -0.15) is 0 Å². The molecule has 0 radical (unpaired) electrons. The topological polar surface area (TPSA) is 20.2 Å². The van der Waals surface area contributed by atoms with Gasteiger partial charge in [-0.1, -0.05) is 0 Å². The zero-order valence-corrected chi connectivity index (χ0v) is 11.4. The van der Waals surface area contributed by atoms with Gasteiger partial charge < -0.3 is 5.11 Å². The summed E-state index contributed by atoms with van der Waals surface area (Å²) in [5, 5.41) is 19.5. The first-order valence-corrected chi connectivity index (χ1v) is 13.6. The molecule has 1 aliphatic rings. The van der Waals surface area contributed by atoms with Gasteiger partial charge in [0.1, 0.15) is 0 Å². The SMILES string of the molecule is CO.[CH3][Ti]([CH3])([CH3])([CH3])([CH3])[CH]1C=CC=C1. The molecule has 0 unspecified atom stereocenters. The Hall–Kier alpha value is 0.154. The van der Waals surface area contributed by atoms with E-state index >= 15 is 0 Å². The van der Waals surface area contributed by atoms with Gasteiger partial charge in [0.2, 0.25) is 0 Å². The fourth-order valence-corrected chi connectivity index (χ4v) is 4.75. The molecule has 2 heteroatoms. The van der Waals surface area contributed by atoms with Crippen LogP contribution >= 0.6 is 0 Å². The minimum absolute atomic E-state index is 0.731. The van der Waals surface area contributed by atoms with E-state index in [2.05, 4.69) is 50.4 Å². The molecule has 0 amide bonds. The molecule has 0 saturated heterocycles. The molecule has 0 spiro atoms. The molecule has 0 aromatic rings. The first-order chi connectivity index (χ1) is 5.59. The van der Waals surface area contributed by atoms with E-state index in [0.29, 0.717) is 0 Å². The first kappa shape index (κ1) is 13.2. The molecule has 1 N–H and O–H groups in total. The van der Waals surface area contributed by atoms with Crippen LogP contribution in [-0.2, 0) is 14.0 Å². The van der Waals surface area contributed by atoms with Crippen LogP contribution in [0.4, 0.5) is 0 Å². The molecular formula is C11H24OTi. The van der Waals surface area contributed by atoms with Crippen LogP contribution in [0.3, 0.4) is 0 Å². The third-order valence-corrected chi connectivity index (χ3v) is 8.22. The van der Waals surface area contributed by atoms with Crippen LogP contribution in [0.25, 0.3) is 0 Å². The Morgan fingerprint density at radius 3 is 1.31 bits per heavy atom. The molecule has 0 fully saturated rings. The van der Waals surface area contributed by atoms with Crippen molar-refractivity contribution in [3.8, 4) is 0 Å². The Morgan fingerprint density at radius 2 is 1.15 bits per heavy atom. The van der Waals surface area contributed by atoms with E-state index in [1.807, 2.05) is 0 Å². The number of hydrogen-bond donors (Lipinski definition) is 1. The predicted molar refractivity (Wildman–Crippen MR) is 59.5 cm³/mol. The zero-order valence-electron chi connectivity index (χ0n) is 9.83. The second kappa shape index (κ2) is 3.08. The van der Waals surface area contributed by atoms with E-state index in [-0.39, 0.29) is 0 Å². The standard InChI is InChI=1S/C5H5.CH4O.5CH3.Ti/c1-2-4-5-3-1;1-2;;;;;;/h1-5H;2H,1H3;5*1H3;. The molecule has 78 valence electrons. The Morgan fingerprint density at radius 1 is 0.846 bits per heavy atom. The molecule has 0 aliphatic heterocycles. The summed E-state index contributed by atoms with van der Waals surface area (Å²) in [6.45, 7) is 0. The Balaban J connectivity index is 0.000000671. The van der Waals surface area contributed by atoms with Crippen LogP contribution in [-0.4, -0.2) is 12.2 Å².